The Balaban J connectivity index is 2.06. The lowest BCUT2D eigenvalue weighted by Crippen LogP contribution is -2.54. The highest BCUT2D eigenvalue weighted by Crippen LogP contribution is 2.36. The molecule has 0 bridgehead atoms. The van der Waals surface area contributed by atoms with E-state index in [-0.39, 0.29) is 22.2 Å². The summed E-state index contributed by atoms with van der Waals surface area (Å²) in [5.74, 6) is -0.935. The van der Waals surface area contributed by atoms with E-state index < -0.39 is 11.8 Å². The third-order valence-electron chi connectivity index (χ3n) is 4.16. The first kappa shape index (κ1) is 21.5. The van der Waals surface area contributed by atoms with Crippen LogP contribution in [0.15, 0.2) is 44.9 Å². The summed E-state index contributed by atoms with van der Waals surface area (Å²) in [7, 11) is 0. The number of carbonyl (C=O) groups is 2. The minimum atomic E-state index is -0.590. The van der Waals surface area contributed by atoms with Crippen LogP contribution in [0.25, 0.3) is 6.08 Å². The number of phenols is 1. The second kappa shape index (κ2) is 8.64. The number of thiocarbonyl (C=S) groups is 1. The van der Waals surface area contributed by atoms with E-state index in [1.807, 2.05) is 13.0 Å². The molecule has 150 valence electrons. The van der Waals surface area contributed by atoms with Gasteiger partial charge in [0.1, 0.15) is 5.57 Å². The summed E-state index contributed by atoms with van der Waals surface area (Å²) >= 11 is 11.9. The number of benzene rings is 2. The van der Waals surface area contributed by atoms with Crippen LogP contribution in [0.3, 0.4) is 0 Å². The molecule has 2 amide bonds. The Bertz CT molecular complexity index is 1070. The highest BCUT2D eigenvalue weighted by molar-refractivity contribution is 9.10. The van der Waals surface area contributed by atoms with E-state index in [0.717, 1.165) is 10.0 Å². The third kappa shape index (κ3) is 4.36. The average Bonchev–Trinajstić information content (AvgIpc) is 2.64. The van der Waals surface area contributed by atoms with E-state index in [0.29, 0.717) is 22.3 Å². The van der Waals surface area contributed by atoms with Gasteiger partial charge in [-0.3, -0.25) is 19.8 Å². The number of ether oxygens (including phenoxy) is 1. The fourth-order valence-electron chi connectivity index (χ4n) is 2.86. The number of nitrogens with one attached hydrogen (secondary N) is 1. The molecule has 1 saturated heterocycles. The van der Waals surface area contributed by atoms with Crippen LogP contribution in [-0.2, 0) is 9.59 Å². The Morgan fingerprint density at radius 3 is 2.62 bits per heavy atom. The minimum absolute atomic E-state index is 0.0180. The molecule has 0 aromatic heterocycles. The van der Waals surface area contributed by atoms with Crippen LogP contribution in [-0.4, -0.2) is 28.6 Å². The summed E-state index contributed by atoms with van der Waals surface area (Å²) in [5, 5.41) is 12.7. The van der Waals surface area contributed by atoms with E-state index in [2.05, 4.69) is 37.2 Å². The van der Waals surface area contributed by atoms with Crippen molar-refractivity contribution in [3.05, 3.63) is 56.0 Å². The minimum Gasteiger partial charge on any atom is -0.503 e. The topological polar surface area (TPSA) is 78.9 Å². The molecule has 0 aliphatic carbocycles. The lowest BCUT2D eigenvalue weighted by molar-refractivity contribution is -0.122. The van der Waals surface area contributed by atoms with Gasteiger partial charge in [0, 0.05) is 4.47 Å². The predicted molar refractivity (Wildman–Crippen MR) is 122 cm³/mol. The summed E-state index contributed by atoms with van der Waals surface area (Å²) in [6, 6.07) is 8.55. The molecule has 0 saturated carbocycles. The van der Waals surface area contributed by atoms with E-state index >= 15 is 0 Å². The molecule has 1 aliphatic rings. The molecule has 0 atom stereocenters. The van der Waals surface area contributed by atoms with Gasteiger partial charge in [0.25, 0.3) is 11.8 Å². The molecule has 0 radical (unpaired) electrons. The van der Waals surface area contributed by atoms with Crippen LogP contribution in [0, 0.1) is 6.92 Å². The number of halogens is 2. The summed E-state index contributed by atoms with van der Waals surface area (Å²) in [6.45, 7) is 3.99. The van der Waals surface area contributed by atoms with Gasteiger partial charge in [0.15, 0.2) is 16.6 Å². The summed E-state index contributed by atoms with van der Waals surface area (Å²) in [6.07, 6.45) is 1.44. The highest BCUT2D eigenvalue weighted by Gasteiger charge is 2.35. The number of anilines is 1. The molecule has 1 fully saturated rings. The van der Waals surface area contributed by atoms with Gasteiger partial charge in [-0.2, -0.15) is 0 Å². The number of phenolic OH excluding ortho intramolecular Hbond substituents is 1. The monoisotopic (exact) mass is 538 g/mol. The largest absolute Gasteiger partial charge is 0.503 e. The van der Waals surface area contributed by atoms with Crippen LogP contribution in [0.1, 0.15) is 18.1 Å². The predicted octanol–water partition coefficient (Wildman–Crippen LogP) is 4.46. The number of rotatable bonds is 4. The number of carbonyl (C=O) groups excluding carboxylic acids is 2. The zero-order chi connectivity index (χ0) is 21.3. The van der Waals surface area contributed by atoms with E-state index in [9.17, 15) is 14.7 Å². The third-order valence-corrected chi connectivity index (χ3v) is 5.55. The molecular formula is C20H16Br2N2O4S. The maximum absolute atomic E-state index is 13.2. The Kier molecular flexibility index (Phi) is 6.40. The molecule has 0 unspecified atom stereocenters. The molecule has 1 aliphatic heterocycles. The molecule has 2 aromatic rings. The second-order valence-corrected chi connectivity index (χ2v) is 8.33. The molecular weight excluding hydrogens is 524 g/mol. The molecule has 0 spiro atoms. The maximum atomic E-state index is 13.2. The first-order chi connectivity index (χ1) is 13.7. The van der Waals surface area contributed by atoms with Gasteiger partial charge in [-0.1, -0.05) is 15.9 Å². The number of aromatic hydroxyl groups is 1. The normalized spacial score (nSPS) is 15.7. The lowest BCUT2D eigenvalue weighted by atomic mass is 10.1. The SMILES string of the molecule is CCOc1cc(/C=C2\C(=O)NC(=S)N(c3ccc(Br)cc3C)C2=O)cc(Br)c1O. The van der Waals surface area contributed by atoms with Crippen molar-refractivity contribution < 1.29 is 19.4 Å². The van der Waals surface area contributed by atoms with Crippen molar-refractivity contribution >= 4 is 72.8 Å². The van der Waals surface area contributed by atoms with Crippen LogP contribution in [0.2, 0.25) is 0 Å². The van der Waals surface area contributed by atoms with E-state index in [1.54, 1.807) is 31.2 Å². The quantitative estimate of drug-likeness (QED) is 0.341. The number of hydrogen-bond donors (Lipinski definition) is 2. The van der Waals surface area contributed by atoms with E-state index in [4.69, 9.17) is 17.0 Å². The maximum Gasteiger partial charge on any atom is 0.270 e. The summed E-state index contributed by atoms with van der Waals surface area (Å²) in [4.78, 5) is 26.9. The van der Waals surface area contributed by atoms with Crippen LogP contribution in [0.4, 0.5) is 5.69 Å². The van der Waals surface area contributed by atoms with Gasteiger partial charge in [0.05, 0.1) is 16.8 Å². The van der Waals surface area contributed by atoms with Gasteiger partial charge in [-0.25, -0.2) is 0 Å². The molecule has 6 nitrogen and oxygen atoms in total. The average molecular weight is 540 g/mol. The molecule has 2 N–H and O–H groups in total. The molecule has 3 rings (SSSR count). The van der Waals surface area contributed by atoms with Crippen molar-refractivity contribution in [1.29, 1.82) is 0 Å². The van der Waals surface area contributed by atoms with Crippen molar-refractivity contribution in [3.63, 3.8) is 0 Å². The van der Waals surface area contributed by atoms with Crippen molar-refractivity contribution in [2.24, 2.45) is 0 Å². The van der Waals surface area contributed by atoms with Crippen molar-refractivity contribution in [2.75, 3.05) is 11.5 Å². The number of nitrogens with zero attached hydrogens (tertiary/aromatic N) is 1. The van der Waals surface area contributed by atoms with Crippen molar-refractivity contribution in [2.45, 2.75) is 13.8 Å². The Hall–Kier alpha value is -2.23. The Morgan fingerprint density at radius 1 is 1.24 bits per heavy atom. The summed E-state index contributed by atoms with van der Waals surface area (Å²) in [5.41, 5.74) is 1.82. The van der Waals surface area contributed by atoms with Crippen LogP contribution >= 0.6 is 44.1 Å². The number of amides is 2. The van der Waals surface area contributed by atoms with Crippen molar-refractivity contribution in [3.8, 4) is 11.5 Å². The fraction of sp³-hybridized carbons (Fsp3) is 0.150. The van der Waals surface area contributed by atoms with Gasteiger partial charge >= 0.3 is 0 Å². The van der Waals surface area contributed by atoms with Crippen LogP contribution < -0.4 is 15.0 Å². The Morgan fingerprint density at radius 2 is 1.97 bits per heavy atom. The highest BCUT2D eigenvalue weighted by atomic mass is 79.9. The molecule has 9 heteroatoms. The van der Waals surface area contributed by atoms with Gasteiger partial charge in [-0.15, -0.1) is 0 Å². The standard InChI is InChI=1S/C20H16Br2N2O4S/c1-3-28-16-9-11(8-14(22)17(16)25)7-13-18(26)23-20(29)24(19(13)27)15-5-4-12(21)6-10(15)2/h4-9,25H,3H2,1-2H3,(H,23,26,29)/b13-7+. The molecule has 2 aromatic carbocycles. The first-order valence-corrected chi connectivity index (χ1v) is 10.5. The number of hydrogen-bond acceptors (Lipinski definition) is 5. The zero-order valence-electron chi connectivity index (χ0n) is 15.5. The van der Waals surface area contributed by atoms with Crippen molar-refractivity contribution in [1.82, 2.24) is 5.32 Å². The van der Waals surface area contributed by atoms with Gasteiger partial charge in [-0.05, 0) is 89.5 Å². The smallest absolute Gasteiger partial charge is 0.270 e. The Labute approximate surface area is 189 Å². The number of aryl methyl sites for hydroxylation is 1. The second-order valence-electron chi connectivity index (χ2n) is 6.17. The lowest BCUT2D eigenvalue weighted by Gasteiger charge is -2.30. The zero-order valence-corrected chi connectivity index (χ0v) is 19.4. The first-order valence-electron chi connectivity index (χ1n) is 8.55. The fourth-order valence-corrected chi connectivity index (χ4v) is 4.06. The molecule has 29 heavy (non-hydrogen) atoms. The summed E-state index contributed by atoms with van der Waals surface area (Å²) < 4.78 is 6.66. The van der Waals surface area contributed by atoms with Gasteiger partial charge in [0.2, 0.25) is 0 Å². The van der Waals surface area contributed by atoms with E-state index in [1.165, 1.54) is 11.0 Å². The molecule has 1 heterocycles. The van der Waals surface area contributed by atoms with Gasteiger partial charge < -0.3 is 9.84 Å². The van der Waals surface area contributed by atoms with Crippen LogP contribution in [0.5, 0.6) is 11.5 Å².